The van der Waals surface area contributed by atoms with Crippen LogP contribution in [0.2, 0.25) is 0 Å². The Hall–Kier alpha value is -0.870. The molecule has 2 N–H and O–H groups in total. The predicted molar refractivity (Wildman–Crippen MR) is 39.9 cm³/mol. The van der Waals surface area contributed by atoms with Gasteiger partial charge in [-0.15, -0.1) is 0 Å². The summed E-state index contributed by atoms with van der Waals surface area (Å²) < 4.78 is 4.63. The Bertz CT molecular complexity index is 186. The van der Waals surface area contributed by atoms with Gasteiger partial charge in [0.1, 0.15) is 6.26 Å². The lowest BCUT2D eigenvalue weighted by atomic mass is 10.3. The van der Waals surface area contributed by atoms with E-state index < -0.39 is 0 Å². The molecule has 0 aliphatic heterocycles. The molecule has 0 aromatic carbocycles. The standard InChI is InChI=1S/C7H12N2O2/c1-6(4-10)8-2-7-3-9-11-5-7/h3,5-6,8,10H,2,4H2,1H3. The lowest BCUT2D eigenvalue weighted by Gasteiger charge is -2.07. The van der Waals surface area contributed by atoms with Crippen molar-refractivity contribution >= 4 is 0 Å². The molecular weight excluding hydrogens is 144 g/mol. The summed E-state index contributed by atoms with van der Waals surface area (Å²) in [5.74, 6) is 0. The zero-order valence-electron chi connectivity index (χ0n) is 6.45. The Kier molecular flexibility index (Phi) is 3.07. The van der Waals surface area contributed by atoms with E-state index in [0.29, 0.717) is 6.54 Å². The van der Waals surface area contributed by atoms with E-state index in [4.69, 9.17) is 5.11 Å². The SMILES string of the molecule is CC(CO)NCc1cnoc1. The van der Waals surface area contributed by atoms with Gasteiger partial charge in [-0.1, -0.05) is 5.16 Å². The van der Waals surface area contributed by atoms with E-state index in [1.165, 1.54) is 0 Å². The van der Waals surface area contributed by atoms with Gasteiger partial charge < -0.3 is 14.9 Å². The highest BCUT2D eigenvalue weighted by Gasteiger charge is 1.99. The molecule has 0 spiro atoms. The average molecular weight is 156 g/mol. The highest BCUT2D eigenvalue weighted by molar-refractivity contribution is 4.99. The van der Waals surface area contributed by atoms with E-state index in [2.05, 4.69) is 15.0 Å². The van der Waals surface area contributed by atoms with Gasteiger partial charge in [0.2, 0.25) is 0 Å². The minimum Gasteiger partial charge on any atom is -0.395 e. The number of hydrogen-bond acceptors (Lipinski definition) is 4. The van der Waals surface area contributed by atoms with Gasteiger partial charge >= 0.3 is 0 Å². The van der Waals surface area contributed by atoms with Gasteiger partial charge in [-0.3, -0.25) is 0 Å². The van der Waals surface area contributed by atoms with Crippen molar-refractivity contribution in [1.29, 1.82) is 0 Å². The second-order valence-corrected chi connectivity index (χ2v) is 2.50. The molecule has 1 heterocycles. The first-order valence-electron chi connectivity index (χ1n) is 3.55. The van der Waals surface area contributed by atoms with Crippen LogP contribution in [0.3, 0.4) is 0 Å². The van der Waals surface area contributed by atoms with Crippen molar-refractivity contribution in [3.63, 3.8) is 0 Å². The Balaban J connectivity index is 2.23. The van der Waals surface area contributed by atoms with Gasteiger partial charge in [0.25, 0.3) is 0 Å². The van der Waals surface area contributed by atoms with Gasteiger partial charge in [0.15, 0.2) is 0 Å². The maximum absolute atomic E-state index is 8.66. The Morgan fingerprint density at radius 1 is 1.82 bits per heavy atom. The normalized spacial score (nSPS) is 13.3. The van der Waals surface area contributed by atoms with Crippen molar-refractivity contribution in [1.82, 2.24) is 10.5 Å². The number of hydrogen-bond donors (Lipinski definition) is 2. The average Bonchev–Trinajstić information content (AvgIpc) is 2.52. The van der Waals surface area contributed by atoms with Crippen LogP contribution in [0.1, 0.15) is 12.5 Å². The minimum absolute atomic E-state index is 0.116. The molecule has 0 aliphatic carbocycles. The van der Waals surface area contributed by atoms with Gasteiger partial charge in [-0.05, 0) is 6.92 Å². The fourth-order valence-corrected chi connectivity index (χ4v) is 0.671. The second kappa shape index (κ2) is 4.10. The van der Waals surface area contributed by atoms with Crippen molar-refractivity contribution in [3.8, 4) is 0 Å². The van der Waals surface area contributed by atoms with Crippen LogP contribution in [-0.4, -0.2) is 22.9 Å². The summed E-state index contributed by atoms with van der Waals surface area (Å²) in [5.41, 5.74) is 0.991. The largest absolute Gasteiger partial charge is 0.395 e. The Labute approximate surface area is 65.2 Å². The number of nitrogens with zero attached hydrogens (tertiary/aromatic N) is 1. The lowest BCUT2D eigenvalue weighted by molar-refractivity contribution is 0.251. The number of aliphatic hydroxyl groups is 1. The summed E-state index contributed by atoms with van der Waals surface area (Å²) in [7, 11) is 0. The third-order valence-corrected chi connectivity index (χ3v) is 1.41. The molecule has 0 saturated carbocycles. The van der Waals surface area contributed by atoms with Crippen molar-refractivity contribution in [2.24, 2.45) is 0 Å². The zero-order valence-corrected chi connectivity index (χ0v) is 6.45. The van der Waals surface area contributed by atoms with Crippen molar-refractivity contribution in [2.45, 2.75) is 19.5 Å². The molecule has 4 heteroatoms. The summed E-state index contributed by atoms with van der Waals surface area (Å²) in [4.78, 5) is 0. The van der Waals surface area contributed by atoms with Gasteiger partial charge in [0.05, 0.1) is 12.8 Å². The third-order valence-electron chi connectivity index (χ3n) is 1.41. The van der Waals surface area contributed by atoms with E-state index >= 15 is 0 Å². The van der Waals surface area contributed by atoms with Crippen LogP contribution in [0.4, 0.5) is 0 Å². The molecule has 1 unspecified atom stereocenters. The van der Waals surface area contributed by atoms with Crippen molar-refractivity contribution < 1.29 is 9.63 Å². The van der Waals surface area contributed by atoms with Crippen LogP contribution in [0.25, 0.3) is 0 Å². The summed E-state index contributed by atoms with van der Waals surface area (Å²) >= 11 is 0. The molecule has 1 aromatic heterocycles. The topological polar surface area (TPSA) is 58.3 Å². The molecule has 0 aliphatic rings. The number of nitrogens with one attached hydrogen (secondary N) is 1. The fraction of sp³-hybridized carbons (Fsp3) is 0.571. The summed E-state index contributed by atoms with van der Waals surface area (Å²) in [6.45, 7) is 2.74. The Morgan fingerprint density at radius 2 is 2.64 bits per heavy atom. The molecule has 11 heavy (non-hydrogen) atoms. The monoisotopic (exact) mass is 156 g/mol. The molecule has 0 saturated heterocycles. The maximum atomic E-state index is 8.66. The number of aromatic nitrogens is 1. The first-order chi connectivity index (χ1) is 5.33. The van der Waals surface area contributed by atoms with Crippen LogP contribution in [-0.2, 0) is 6.54 Å². The fourth-order valence-electron chi connectivity index (χ4n) is 0.671. The van der Waals surface area contributed by atoms with Crippen LogP contribution >= 0.6 is 0 Å². The van der Waals surface area contributed by atoms with E-state index in [0.717, 1.165) is 5.56 Å². The molecule has 1 rings (SSSR count). The summed E-state index contributed by atoms with van der Waals surface area (Å²) in [6.07, 6.45) is 3.23. The van der Waals surface area contributed by atoms with Gasteiger partial charge in [-0.25, -0.2) is 0 Å². The smallest absolute Gasteiger partial charge is 0.128 e. The van der Waals surface area contributed by atoms with E-state index in [-0.39, 0.29) is 12.6 Å². The molecule has 0 bridgehead atoms. The number of aliphatic hydroxyl groups excluding tert-OH is 1. The third kappa shape index (κ3) is 2.69. The Morgan fingerprint density at radius 3 is 3.18 bits per heavy atom. The minimum atomic E-state index is 0.116. The van der Waals surface area contributed by atoms with Crippen LogP contribution < -0.4 is 5.32 Å². The highest BCUT2D eigenvalue weighted by Crippen LogP contribution is 1.95. The zero-order chi connectivity index (χ0) is 8.10. The molecular formula is C7H12N2O2. The molecule has 1 aromatic rings. The highest BCUT2D eigenvalue weighted by atomic mass is 16.5. The van der Waals surface area contributed by atoms with E-state index in [9.17, 15) is 0 Å². The first-order valence-corrected chi connectivity index (χ1v) is 3.55. The summed E-state index contributed by atoms with van der Waals surface area (Å²) in [5, 5.41) is 15.3. The molecule has 0 amide bonds. The van der Waals surface area contributed by atoms with E-state index in [1.54, 1.807) is 12.5 Å². The number of rotatable bonds is 4. The predicted octanol–water partition coefficient (Wildman–Crippen LogP) is 0.145. The van der Waals surface area contributed by atoms with Gasteiger partial charge in [0, 0.05) is 18.2 Å². The maximum Gasteiger partial charge on any atom is 0.128 e. The van der Waals surface area contributed by atoms with Crippen molar-refractivity contribution in [3.05, 3.63) is 18.0 Å². The molecule has 0 radical (unpaired) electrons. The van der Waals surface area contributed by atoms with Crippen LogP contribution in [0, 0.1) is 0 Å². The first kappa shape index (κ1) is 8.23. The van der Waals surface area contributed by atoms with Crippen molar-refractivity contribution in [2.75, 3.05) is 6.61 Å². The van der Waals surface area contributed by atoms with Crippen LogP contribution in [0.5, 0.6) is 0 Å². The van der Waals surface area contributed by atoms with E-state index in [1.807, 2.05) is 6.92 Å². The van der Waals surface area contributed by atoms with Crippen LogP contribution in [0.15, 0.2) is 17.0 Å². The molecule has 4 nitrogen and oxygen atoms in total. The lowest BCUT2D eigenvalue weighted by Crippen LogP contribution is -2.28. The molecule has 1 atom stereocenters. The van der Waals surface area contributed by atoms with Gasteiger partial charge in [-0.2, -0.15) is 0 Å². The molecule has 62 valence electrons. The molecule has 0 fully saturated rings. The quantitative estimate of drug-likeness (QED) is 0.651. The summed E-state index contributed by atoms with van der Waals surface area (Å²) in [6, 6.07) is 0.116. The second-order valence-electron chi connectivity index (χ2n) is 2.50.